The van der Waals surface area contributed by atoms with E-state index in [0.29, 0.717) is 11.4 Å². The highest BCUT2D eigenvalue weighted by Gasteiger charge is 2.39. The molecule has 7 nitrogen and oxygen atoms in total. The van der Waals surface area contributed by atoms with Crippen molar-refractivity contribution in [1.82, 2.24) is 14.9 Å². The number of rotatable bonds is 5. The molecule has 2 amide bonds. The SMILES string of the molecule is Cc1c(C(=O)Nc2ccnc(Cl)c2)c(C)n(C)c1C(=O)C(=O)N[C@@H](C)C(F)(F)F. The van der Waals surface area contributed by atoms with Gasteiger partial charge in [-0.1, -0.05) is 11.6 Å². The number of carbonyl (C=O) groups is 3. The average molecular weight is 431 g/mol. The molecule has 0 aliphatic heterocycles. The van der Waals surface area contributed by atoms with Gasteiger partial charge in [0.25, 0.3) is 17.6 Å². The Morgan fingerprint density at radius 1 is 1.24 bits per heavy atom. The highest BCUT2D eigenvalue weighted by Crippen LogP contribution is 2.24. The molecule has 0 saturated carbocycles. The minimum absolute atomic E-state index is 0.125. The molecule has 2 rings (SSSR count). The zero-order valence-electron chi connectivity index (χ0n) is 15.9. The Morgan fingerprint density at radius 3 is 2.41 bits per heavy atom. The van der Waals surface area contributed by atoms with E-state index in [1.54, 1.807) is 12.2 Å². The van der Waals surface area contributed by atoms with Gasteiger partial charge in [0.15, 0.2) is 0 Å². The quantitative estimate of drug-likeness (QED) is 0.433. The second-order valence-electron chi connectivity index (χ2n) is 6.38. The number of hydrogen-bond acceptors (Lipinski definition) is 4. The second-order valence-corrected chi connectivity index (χ2v) is 6.77. The van der Waals surface area contributed by atoms with Crippen LogP contribution in [0.15, 0.2) is 18.3 Å². The van der Waals surface area contributed by atoms with E-state index >= 15 is 0 Å². The number of Topliss-reactive ketones (excluding diaryl/α,β-unsaturated/α-hetero) is 1. The van der Waals surface area contributed by atoms with Crippen molar-refractivity contribution in [3.8, 4) is 0 Å². The van der Waals surface area contributed by atoms with Crippen molar-refractivity contribution in [3.05, 3.63) is 46.0 Å². The van der Waals surface area contributed by atoms with Gasteiger partial charge in [0.05, 0.1) is 11.3 Å². The maximum absolute atomic E-state index is 12.7. The Hall–Kier alpha value is -2.88. The Balaban J connectivity index is 2.33. The van der Waals surface area contributed by atoms with Crippen LogP contribution in [0.3, 0.4) is 0 Å². The van der Waals surface area contributed by atoms with Gasteiger partial charge in [-0.25, -0.2) is 4.98 Å². The lowest BCUT2D eigenvalue weighted by atomic mass is 10.1. The molecule has 11 heteroatoms. The Bertz CT molecular complexity index is 985. The van der Waals surface area contributed by atoms with E-state index in [1.807, 2.05) is 0 Å². The van der Waals surface area contributed by atoms with Gasteiger partial charge in [-0.2, -0.15) is 13.2 Å². The topological polar surface area (TPSA) is 93.1 Å². The summed E-state index contributed by atoms with van der Waals surface area (Å²) >= 11 is 5.78. The van der Waals surface area contributed by atoms with Crippen LogP contribution in [0.5, 0.6) is 0 Å². The first-order chi connectivity index (χ1) is 13.3. The third kappa shape index (κ3) is 4.76. The summed E-state index contributed by atoms with van der Waals surface area (Å²) in [6.45, 7) is 3.72. The molecule has 2 N–H and O–H groups in total. The predicted molar refractivity (Wildman–Crippen MR) is 100 cm³/mol. The maximum Gasteiger partial charge on any atom is 0.408 e. The van der Waals surface area contributed by atoms with Gasteiger partial charge in [0.1, 0.15) is 11.2 Å². The molecule has 0 spiro atoms. The summed E-state index contributed by atoms with van der Waals surface area (Å²) < 4.78 is 39.2. The molecule has 0 bridgehead atoms. The Labute approximate surface area is 169 Å². The lowest BCUT2D eigenvalue weighted by molar-refractivity contribution is -0.156. The van der Waals surface area contributed by atoms with Crippen molar-refractivity contribution in [2.75, 3.05) is 5.32 Å². The van der Waals surface area contributed by atoms with E-state index in [-0.39, 0.29) is 22.0 Å². The first-order valence-corrected chi connectivity index (χ1v) is 8.73. The molecule has 0 fully saturated rings. The van der Waals surface area contributed by atoms with Crippen molar-refractivity contribution in [2.45, 2.75) is 33.0 Å². The van der Waals surface area contributed by atoms with E-state index in [4.69, 9.17) is 11.6 Å². The summed E-state index contributed by atoms with van der Waals surface area (Å²) in [7, 11) is 1.44. The number of amides is 2. The average Bonchev–Trinajstić information content (AvgIpc) is 2.82. The molecule has 2 aromatic heterocycles. The summed E-state index contributed by atoms with van der Waals surface area (Å²) in [6, 6.07) is 0.736. The van der Waals surface area contributed by atoms with Gasteiger partial charge < -0.3 is 15.2 Å². The van der Waals surface area contributed by atoms with Crippen LogP contribution in [-0.4, -0.2) is 39.4 Å². The smallest absolute Gasteiger partial charge is 0.344 e. The summed E-state index contributed by atoms with van der Waals surface area (Å²) in [5, 5.41) is 4.39. The fourth-order valence-electron chi connectivity index (χ4n) is 2.76. The van der Waals surface area contributed by atoms with Gasteiger partial charge in [-0.05, 0) is 38.5 Å². The van der Waals surface area contributed by atoms with Crippen LogP contribution in [-0.2, 0) is 11.8 Å². The highest BCUT2D eigenvalue weighted by atomic mass is 35.5. The Kier molecular flexibility index (Phi) is 6.37. The molecule has 0 unspecified atom stereocenters. The summed E-state index contributed by atoms with van der Waals surface area (Å²) in [6.07, 6.45) is -3.30. The molecule has 0 aliphatic carbocycles. The summed E-state index contributed by atoms with van der Waals surface area (Å²) in [5.74, 6) is -3.15. The van der Waals surface area contributed by atoms with E-state index in [0.717, 1.165) is 6.92 Å². The number of halogens is 4. The number of anilines is 1. The van der Waals surface area contributed by atoms with Gasteiger partial charge in [-0.3, -0.25) is 14.4 Å². The maximum atomic E-state index is 12.7. The van der Waals surface area contributed by atoms with Crippen LogP contribution >= 0.6 is 11.6 Å². The lowest BCUT2D eigenvalue weighted by Crippen LogP contribution is -2.46. The molecular weight excluding hydrogens is 413 g/mol. The standard InChI is InChI=1S/C18H18ClF3N4O3/c1-8-13(16(28)25-11-5-6-23-12(19)7-11)9(2)26(4)14(8)15(27)17(29)24-10(3)18(20,21)22/h5-7,10H,1-4H3,(H,24,29)(H,23,25,28)/t10-/m0/s1. The number of aromatic nitrogens is 2. The molecule has 1 atom stereocenters. The first-order valence-electron chi connectivity index (χ1n) is 8.35. The molecule has 2 heterocycles. The van der Waals surface area contributed by atoms with E-state index in [9.17, 15) is 27.6 Å². The number of hydrogen-bond donors (Lipinski definition) is 2. The van der Waals surface area contributed by atoms with E-state index < -0.39 is 29.8 Å². The van der Waals surface area contributed by atoms with Crippen molar-refractivity contribution in [1.29, 1.82) is 0 Å². The van der Waals surface area contributed by atoms with Crippen LogP contribution in [0.25, 0.3) is 0 Å². The number of ketones is 1. The van der Waals surface area contributed by atoms with Crippen molar-refractivity contribution in [3.63, 3.8) is 0 Å². The normalized spacial score (nSPS) is 12.4. The fourth-order valence-corrected chi connectivity index (χ4v) is 2.93. The molecule has 156 valence electrons. The molecule has 0 aromatic carbocycles. The minimum atomic E-state index is -4.69. The number of nitrogens with zero attached hydrogens (tertiary/aromatic N) is 2. The largest absolute Gasteiger partial charge is 0.408 e. The number of nitrogens with one attached hydrogen (secondary N) is 2. The molecule has 29 heavy (non-hydrogen) atoms. The monoisotopic (exact) mass is 430 g/mol. The number of pyridine rings is 1. The third-order valence-electron chi connectivity index (χ3n) is 4.40. The molecule has 0 aliphatic rings. The van der Waals surface area contributed by atoms with E-state index in [2.05, 4.69) is 10.3 Å². The summed E-state index contributed by atoms with van der Waals surface area (Å²) in [5.41, 5.74) is 0.845. The van der Waals surface area contributed by atoms with Crippen molar-refractivity contribution >= 4 is 34.9 Å². The van der Waals surface area contributed by atoms with Crippen LogP contribution in [0.1, 0.15) is 39.0 Å². The predicted octanol–water partition coefficient (Wildman–Crippen LogP) is 3.19. The molecule has 0 radical (unpaired) electrons. The van der Waals surface area contributed by atoms with E-state index in [1.165, 1.54) is 36.9 Å². The van der Waals surface area contributed by atoms with Crippen LogP contribution in [0.4, 0.5) is 18.9 Å². The third-order valence-corrected chi connectivity index (χ3v) is 4.61. The minimum Gasteiger partial charge on any atom is -0.344 e. The molecule has 0 saturated heterocycles. The van der Waals surface area contributed by atoms with Gasteiger partial charge in [-0.15, -0.1) is 0 Å². The van der Waals surface area contributed by atoms with Gasteiger partial charge in [0.2, 0.25) is 0 Å². The zero-order chi connectivity index (χ0) is 22.1. The fraction of sp³-hybridized carbons (Fsp3) is 0.333. The van der Waals surface area contributed by atoms with Crippen LogP contribution in [0, 0.1) is 13.8 Å². The van der Waals surface area contributed by atoms with Gasteiger partial charge >= 0.3 is 6.18 Å². The first kappa shape index (κ1) is 22.4. The number of alkyl halides is 3. The summed E-state index contributed by atoms with van der Waals surface area (Å²) in [4.78, 5) is 41.0. The number of carbonyl (C=O) groups excluding carboxylic acids is 3. The Morgan fingerprint density at radius 2 is 1.86 bits per heavy atom. The van der Waals surface area contributed by atoms with Crippen LogP contribution < -0.4 is 10.6 Å². The second kappa shape index (κ2) is 8.24. The molecule has 2 aromatic rings. The van der Waals surface area contributed by atoms with Gasteiger partial charge in [0, 0.05) is 24.6 Å². The van der Waals surface area contributed by atoms with Crippen molar-refractivity contribution < 1.29 is 27.6 Å². The van der Waals surface area contributed by atoms with Crippen LogP contribution in [0.2, 0.25) is 5.15 Å². The van der Waals surface area contributed by atoms with Crippen molar-refractivity contribution in [2.24, 2.45) is 7.05 Å². The zero-order valence-corrected chi connectivity index (χ0v) is 16.7. The highest BCUT2D eigenvalue weighted by molar-refractivity contribution is 6.43. The molecular formula is C18H18ClF3N4O3. The lowest BCUT2D eigenvalue weighted by Gasteiger charge is -2.16.